The lowest BCUT2D eigenvalue weighted by Gasteiger charge is -2.33. The number of aryl methyl sites for hydroxylation is 1. The molecule has 4 rings (SSSR count). The minimum atomic E-state index is -0.384. The van der Waals surface area contributed by atoms with Gasteiger partial charge in [-0.05, 0) is 57.5 Å². The van der Waals surface area contributed by atoms with E-state index in [1.54, 1.807) is 23.2 Å². The molecule has 2 amide bonds. The number of carbonyl (C=O) groups excluding carboxylic acids is 2. The molecule has 0 spiro atoms. The lowest BCUT2D eigenvalue weighted by atomic mass is 10.0. The fourth-order valence-electron chi connectivity index (χ4n) is 4.52. The predicted molar refractivity (Wildman–Crippen MR) is 117 cm³/mol. The van der Waals surface area contributed by atoms with Crippen LogP contribution in [0.1, 0.15) is 60.3 Å². The summed E-state index contributed by atoms with van der Waals surface area (Å²) < 4.78 is 0. The number of nitrogens with one attached hydrogen (secondary N) is 1. The first-order valence-corrected chi connectivity index (χ1v) is 10.9. The van der Waals surface area contributed by atoms with E-state index in [1.165, 1.54) is 19.3 Å². The molecule has 0 saturated carbocycles. The summed E-state index contributed by atoms with van der Waals surface area (Å²) in [5.74, 6) is -0.144. The monoisotopic (exact) mass is 406 g/mol. The first kappa shape index (κ1) is 20.5. The van der Waals surface area contributed by atoms with Gasteiger partial charge in [-0.25, -0.2) is 0 Å². The van der Waals surface area contributed by atoms with Gasteiger partial charge in [0.05, 0.1) is 23.7 Å². The molecule has 1 saturated heterocycles. The summed E-state index contributed by atoms with van der Waals surface area (Å²) in [5.41, 5.74) is 3.19. The quantitative estimate of drug-likeness (QED) is 0.798. The molecule has 2 atom stereocenters. The summed E-state index contributed by atoms with van der Waals surface area (Å²) in [4.78, 5) is 34.5. The summed E-state index contributed by atoms with van der Waals surface area (Å²) >= 11 is 0. The van der Waals surface area contributed by atoms with Crippen LogP contribution in [0.2, 0.25) is 0 Å². The molecule has 30 heavy (non-hydrogen) atoms. The van der Waals surface area contributed by atoms with Crippen molar-refractivity contribution in [1.29, 1.82) is 0 Å². The van der Waals surface area contributed by atoms with Crippen LogP contribution in [-0.4, -0.2) is 47.4 Å². The van der Waals surface area contributed by atoms with E-state index in [0.717, 1.165) is 24.3 Å². The Hall–Kier alpha value is -2.73. The maximum Gasteiger partial charge on any atom is 0.260 e. The van der Waals surface area contributed by atoms with Crippen molar-refractivity contribution in [2.75, 3.05) is 24.5 Å². The fraction of sp³-hybridized carbons (Fsp3) is 0.458. The van der Waals surface area contributed by atoms with Gasteiger partial charge in [0.25, 0.3) is 5.91 Å². The topological polar surface area (TPSA) is 65.5 Å². The first-order chi connectivity index (χ1) is 14.5. The number of likely N-dealkylation sites (tertiary alicyclic amines) is 1. The normalized spacial score (nSPS) is 21.5. The molecular formula is C24H30N4O2. The van der Waals surface area contributed by atoms with Gasteiger partial charge in [-0.3, -0.25) is 24.4 Å². The molecule has 1 fully saturated rings. The molecule has 2 unspecified atom stereocenters. The Morgan fingerprint density at radius 1 is 1.20 bits per heavy atom. The van der Waals surface area contributed by atoms with Crippen LogP contribution in [0.25, 0.3) is 0 Å². The summed E-state index contributed by atoms with van der Waals surface area (Å²) in [7, 11) is 0. The van der Waals surface area contributed by atoms with Gasteiger partial charge in [0.15, 0.2) is 0 Å². The molecule has 6 nitrogen and oxygen atoms in total. The number of amides is 2. The Balaban J connectivity index is 1.45. The SMILES string of the molecule is Cc1ccc(N2C(=O)c3cccnc3C2CC(=O)NCCN2CCCCC2C)cc1. The molecule has 2 aliphatic heterocycles. The highest BCUT2D eigenvalue weighted by Gasteiger charge is 2.39. The van der Waals surface area contributed by atoms with Gasteiger partial charge in [-0.1, -0.05) is 24.1 Å². The number of anilines is 1. The van der Waals surface area contributed by atoms with E-state index >= 15 is 0 Å². The molecule has 0 radical (unpaired) electrons. The highest BCUT2D eigenvalue weighted by molar-refractivity contribution is 6.11. The number of nitrogens with zero attached hydrogens (tertiary/aromatic N) is 3. The highest BCUT2D eigenvalue weighted by atomic mass is 16.2. The number of fused-ring (bicyclic) bond motifs is 1. The van der Waals surface area contributed by atoms with E-state index in [1.807, 2.05) is 31.2 Å². The third kappa shape index (κ3) is 4.24. The van der Waals surface area contributed by atoms with Crippen molar-refractivity contribution in [3.8, 4) is 0 Å². The maximum absolute atomic E-state index is 13.1. The second-order valence-corrected chi connectivity index (χ2v) is 8.40. The second-order valence-electron chi connectivity index (χ2n) is 8.40. The molecule has 3 heterocycles. The Labute approximate surface area is 178 Å². The summed E-state index contributed by atoms with van der Waals surface area (Å²) in [6.45, 7) is 6.87. The molecule has 1 aromatic heterocycles. The van der Waals surface area contributed by atoms with Crippen LogP contribution < -0.4 is 10.2 Å². The molecule has 1 N–H and O–H groups in total. The predicted octanol–water partition coefficient (Wildman–Crippen LogP) is 3.47. The smallest absolute Gasteiger partial charge is 0.260 e. The number of hydrogen-bond acceptors (Lipinski definition) is 4. The standard InChI is InChI=1S/C24H30N4O2/c1-17-8-10-19(11-9-17)28-21(23-20(24(28)30)7-5-12-26-23)16-22(29)25-13-15-27-14-4-3-6-18(27)2/h5,7-12,18,21H,3-4,6,13-16H2,1-2H3,(H,25,29). The van der Waals surface area contributed by atoms with Crippen molar-refractivity contribution in [2.24, 2.45) is 0 Å². The van der Waals surface area contributed by atoms with Gasteiger partial charge in [-0.15, -0.1) is 0 Å². The van der Waals surface area contributed by atoms with Crippen molar-refractivity contribution < 1.29 is 9.59 Å². The fourth-order valence-corrected chi connectivity index (χ4v) is 4.52. The number of pyridine rings is 1. The molecule has 6 heteroatoms. The first-order valence-electron chi connectivity index (χ1n) is 10.9. The molecular weight excluding hydrogens is 376 g/mol. The number of piperidine rings is 1. The lowest BCUT2D eigenvalue weighted by Crippen LogP contribution is -2.43. The van der Waals surface area contributed by atoms with Gasteiger partial charge >= 0.3 is 0 Å². The van der Waals surface area contributed by atoms with Crippen LogP contribution in [0.3, 0.4) is 0 Å². The van der Waals surface area contributed by atoms with Crippen LogP contribution >= 0.6 is 0 Å². The average Bonchev–Trinajstić information content (AvgIpc) is 3.02. The number of benzene rings is 1. The zero-order valence-corrected chi connectivity index (χ0v) is 17.8. The van der Waals surface area contributed by atoms with Gasteiger partial charge in [0.1, 0.15) is 0 Å². The summed E-state index contributed by atoms with van der Waals surface area (Å²) in [5, 5.41) is 3.06. The number of aromatic nitrogens is 1. The molecule has 158 valence electrons. The van der Waals surface area contributed by atoms with Crippen molar-refractivity contribution in [3.63, 3.8) is 0 Å². The Morgan fingerprint density at radius 2 is 2.00 bits per heavy atom. The third-order valence-electron chi connectivity index (χ3n) is 6.27. The Morgan fingerprint density at radius 3 is 2.77 bits per heavy atom. The third-order valence-corrected chi connectivity index (χ3v) is 6.27. The van der Waals surface area contributed by atoms with Gasteiger partial charge in [0, 0.05) is 31.0 Å². The van der Waals surface area contributed by atoms with Crippen LogP contribution in [0, 0.1) is 6.92 Å². The zero-order chi connectivity index (χ0) is 21.1. The maximum atomic E-state index is 13.1. The average molecular weight is 407 g/mol. The van der Waals surface area contributed by atoms with Gasteiger partial charge in [-0.2, -0.15) is 0 Å². The van der Waals surface area contributed by atoms with Crippen molar-refractivity contribution in [1.82, 2.24) is 15.2 Å². The molecule has 2 aliphatic rings. The molecule has 1 aromatic carbocycles. The van der Waals surface area contributed by atoms with Crippen LogP contribution in [0.4, 0.5) is 5.69 Å². The van der Waals surface area contributed by atoms with Crippen molar-refractivity contribution >= 4 is 17.5 Å². The summed E-state index contributed by atoms with van der Waals surface area (Å²) in [6.07, 6.45) is 5.65. The van der Waals surface area contributed by atoms with Crippen molar-refractivity contribution in [2.45, 2.75) is 51.6 Å². The minimum absolute atomic E-state index is 0.0481. The van der Waals surface area contributed by atoms with Crippen LogP contribution in [0.5, 0.6) is 0 Å². The van der Waals surface area contributed by atoms with Crippen LogP contribution in [-0.2, 0) is 4.79 Å². The summed E-state index contributed by atoms with van der Waals surface area (Å²) in [6, 6.07) is 11.6. The number of rotatable bonds is 6. The van der Waals surface area contributed by atoms with Crippen LogP contribution in [0.15, 0.2) is 42.6 Å². The van der Waals surface area contributed by atoms with E-state index in [4.69, 9.17) is 0 Å². The van der Waals surface area contributed by atoms with E-state index in [-0.39, 0.29) is 24.3 Å². The van der Waals surface area contributed by atoms with Gasteiger partial charge in [0.2, 0.25) is 5.91 Å². The second kappa shape index (κ2) is 8.96. The molecule has 0 bridgehead atoms. The van der Waals surface area contributed by atoms with Gasteiger partial charge < -0.3 is 5.32 Å². The minimum Gasteiger partial charge on any atom is -0.355 e. The highest BCUT2D eigenvalue weighted by Crippen LogP contribution is 2.38. The Bertz CT molecular complexity index is 912. The Kier molecular flexibility index (Phi) is 6.13. The largest absolute Gasteiger partial charge is 0.355 e. The number of carbonyl (C=O) groups is 2. The molecule has 2 aromatic rings. The van der Waals surface area contributed by atoms with E-state index in [2.05, 4.69) is 22.1 Å². The zero-order valence-electron chi connectivity index (χ0n) is 17.8. The van der Waals surface area contributed by atoms with E-state index < -0.39 is 0 Å². The molecule has 0 aliphatic carbocycles. The van der Waals surface area contributed by atoms with E-state index in [0.29, 0.717) is 23.8 Å². The lowest BCUT2D eigenvalue weighted by molar-refractivity contribution is -0.121. The van der Waals surface area contributed by atoms with Crippen molar-refractivity contribution in [3.05, 3.63) is 59.4 Å². The number of hydrogen-bond donors (Lipinski definition) is 1. The van der Waals surface area contributed by atoms with E-state index in [9.17, 15) is 9.59 Å².